The van der Waals surface area contributed by atoms with Gasteiger partial charge in [-0.2, -0.15) is 0 Å². The van der Waals surface area contributed by atoms with Crippen LogP contribution < -0.4 is 14.8 Å². The van der Waals surface area contributed by atoms with E-state index in [9.17, 15) is 0 Å². The Morgan fingerprint density at radius 3 is 2.70 bits per heavy atom. The molecule has 2 aromatic carbocycles. The summed E-state index contributed by atoms with van der Waals surface area (Å²) in [7, 11) is 0. The van der Waals surface area contributed by atoms with Crippen LogP contribution in [0, 0.1) is 0 Å². The molecule has 0 saturated carbocycles. The van der Waals surface area contributed by atoms with Crippen LogP contribution in [-0.2, 0) is 13.0 Å². The molecule has 1 saturated heterocycles. The van der Waals surface area contributed by atoms with Gasteiger partial charge in [-0.1, -0.05) is 31.7 Å². The molecular weight excluding hydrogens is 410 g/mol. The van der Waals surface area contributed by atoms with Crippen LogP contribution in [0.4, 0.5) is 0 Å². The predicted octanol–water partition coefficient (Wildman–Crippen LogP) is 4.84. The highest BCUT2D eigenvalue weighted by Crippen LogP contribution is 2.31. The maximum absolute atomic E-state index is 5.71. The number of aryl methyl sites for hydroxylation is 1. The van der Waals surface area contributed by atoms with E-state index in [1.807, 2.05) is 12.3 Å². The Balaban J connectivity index is 1.14. The minimum Gasteiger partial charge on any atom is -0.486 e. The monoisotopic (exact) mass is 443 g/mol. The molecule has 2 aliphatic heterocycles. The van der Waals surface area contributed by atoms with Crippen LogP contribution in [0.1, 0.15) is 36.5 Å². The van der Waals surface area contributed by atoms with Gasteiger partial charge in [0.25, 0.3) is 0 Å². The van der Waals surface area contributed by atoms with E-state index in [0.29, 0.717) is 19.3 Å². The molecule has 5 heteroatoms. The fourth-order valence-corrected chi connectivity index (χ4v) is 4.80. The quantitative estimate of drug-likeness (QED) is 0.566. The lowest BCUT2D eigenvalue weighted by molar-refractivity contribution is 0.171. The number of aromatic nitrogens is 1. The molecule has 0 atom stereocenters. The lowest BCUT2D eigenvalue weighted by atomic mass is 9.98. The van der Waals surface area contributed by atoms with Gasteiger partial charge in [0.05, 0.1) is 5.52 Å². The van der Waals surface area contributed by atoms with Gasteiger partial charge in [0, 0.05) is 30.7 Å². The summed E-state index contributed by atoms with van der Waals surface area (Å²) in [6, 6.07) is 15.4. The van der Waals surface area contributed by atoms with Gasteiger partial charge in [-0.3, -0.25) is 9.88 Å². The van der Waals surface area contributed by atoms with Gasteiger partial charge in [-0.05, 0) is 78.9 Å². The number of pyridine rings is 1. The average Bonchev–Trinajstić information content (AvgIpc) is 2.87. The minimum atomic E-state index is 0.539. The van der Waals surface area contributed by atoms with Crippen LogP contribution in [0.15, 0.2) is 55.2 Å². The Morgan fingerprint density at radius 1 is 1.06 bits per heavy atom. The molecular formula is C28H33N3O2. The molecule has 0 spiro atoms. The van der Waals surface area contributed by atoms with Crippen LogP contribution in [0.5, 0.6) is 11.5 Å². The summed E-state index contributed by atoms with van der Waals surface area (Å²) in [5, 5.41) is 4.95. The zero-order valence-electron chi connectivity index (χ0n) is 19.5. The summed E-state index contributed by atoms with van der Waals surface area (Å²) in [6.45, 7) is 11.8. The number of rotatable bonds is 7. The number of fused-ring (bicyclic) bond motifs is 2. The number of piperidine rings is 1. The van der Waals surface area contributed by atoms with Crippen molar-refractivity contribution in [2.45, 2.75) is 38.8 Å². The van der Waals surface area contributed by atoms with Gasteiger partial charge >= 0.3 is 0 Å². The van der Waals surface area contributed by atoms with Gasteiger partial charge in [-0.25, -0.2) is 0 Å². The summed E-state index contributed by atoms with van der Waals surface area (Å²) < 4.78 is 11.3. The molecule has 3 aromatic rings. The number of ether oxygens (including phenoxy) is 2. The maximum atomic E-state index is 5.71. The summed E-state index contributed by atoms with van der Waals surface area (Å²) in [5.41, 5.74) is 5.97. The standard InChI is InChI=1S/C28H33N3O2/c1-3-21-15-25-24(5-4-6-26(25)30-17-21)20(2)19-31-11-9-23(10-12-31)29-18-22-7-8-27-28(16-22)33-14-13-32-27/h4-8,15-17,23,29H,2-3,9-14,18-19H2,1H3. The topological polar surface area (TPSA) is 46.6 Å². The summed E-state index contributed by atoms with van der Waals surface area (Å²) in [6.07, 6.45) is 5.28. The second kappa shape index (κ2) is 9.94. The van der Waals surface area contributed by atoms with E-state index in [0.717, 1.165) is 62.5 Å². The van der Waals surface area contributed by atoms with E-state index in [1.54, 1.807) is 0 Å². The first-order chi connectivity index (χ1) is 16.2. The lowest BCUT2D eigenvalue weighted by Crippen LogP contribution is -2.42. The number of nitrogens with zero attached hydrogens (tertiary/aromatic N) is 2. The zero-order chi connectivity index (χ0) is 22.6. The molecule has 0 aliphatic carbocycles. The molecule has 1 fully saturated rings. The first-order valence-corrected chi connectivity index (χ1v) is 12.1. The Bertz CT molecular complexity index is 1140. The highest BCUT2D eigenvalue weighted by Gasteiger charge is 2.20. The first-order valence-electron chi connectivity index (χ1n) is 12.1. The Hall–Kier alpha value is -2.89. The second-order valence-corrected chi connectivity index (χ2v) is 9.08. The fourth-order valence-electron chi connectivity index (χ4n) is 4.80. The van der Waals surface area contributed by atoms with E-state index in [1.165, 1.54) is 27.6 Å². The van der Waals surface area contributed by atoms with Crippen molar-refractivity contribution in [1.82, 2.24) is 15.2 Å². The van der Waals surface area contributed by atoms with Crippen molar-refractivity contribution in [2.75, 3.05) is 32.8 Å². The van der Waals surface area contributed by atoms with Crippen molar-refractivity contribution in [2.24, 2.45) is 0 Å². The molecule has 33 heavy (non-hydrogen) atoms. The SMILES string of the molecule is C=C(CN1CCC(NCc2ccc3c(c2)OCCO3)CC1)c1cccc2ncc(CC)cc12. The van der Waals surface area contributed by atoms with E-state index in [-0.39, 0.29) is 0 Å². The molecule has 172 valence electrons. The van der Waals surface area contributed by atoms with Crippen LogP contribution in [0.2, 0.25) is 0 Å². The highest BCUT2D eigenvalue weighted by molar-refractivity contribution is 5.91. The van der Waals surface area contributed by atoms with E-state index < -0.39 is 0 Å². The zero-order valence-corrected chi connectivity index (χ0v) is 19.5. The number of likely N-dealkylation sites (tertiary alicyclic amines) is 1. The van der Waals surface area contributed by atoms with Gasteiger partial charge < -0.3 is 14.8 Å². The molecule has 5 rings (SSSR count). The first kappa shape index (κ1) is 21.9. The lowest BCUT2D eigenvalue weighted by Gasteiger charge is -2.33. The fraction of sp³-hybridized carbons (Fsp3) is 0.393. The Morgan fingerprint density at radius 2 is 1.88 bits per heavy atom. The number of benzene rings is 2. The highest BCUT2D eigenvalue weighted by atomic mass is 16.6. The van der Waals surface area contributed by atoms with Crippen LogP contribution in [0.25, 0.3) is 16.5 Å². The summed E-state index contributed by atoms with van der Waals surface area (Å²) >= 11 is 0. The third-order valence-electron chi connectivity index (χ3n) is 6.77. The van der Waals surface area contributed by atoms with Gasteiger partial charge in [-0.15, -0.1) is 0 Å². The van der Waals surface area contributed by atoms with Crippen molar-refractivity contribution in [3.8, 4) is 11.5 Å². The number of nitrogens with one attached hydrogen (secondary N) is 1. The number of hydrogen-bond donors (Lipinski definition) is 1. The van der Waals surface area contributed by atoms with Crippen molar-refractivity contribution in [1.29, 1.82) is 0 Å². The molecule has 1 aromatic heterocycles. The van der Waals surface area contributed by atoms with Gasteiger partial charge in [0.2, 0.25) is 0 Å². The molecule has 0 unspecified atom stereocenters. The van der Waals surface area contributed by atoms with Crippen molar-refractivity contribution in [3.05, 3.63) is 71.9 Å². The third kappa shape index (κ3) is 5.05. The second-order valence-electron chi connectivity index (χ2n) is 9.08. The maximum Gasteiger partial charge on any atom is 0.161 e. The molecule has 0 radical (unpaired) electrons. The van der Waals surface area contributed by atoms with Crippen LogP contribution in [-0.4, -0.2) is 48.8 Å². The van der Waals surface area contributed by atoms with Crippen LogP contribution >= 0.6 is 0 Å². The largest absolute Gasteiger partial charge is 0.486 e. The molecule has 0 bridgehead atoms. The van der Waals surface area contributed by atoms with Crippen LogP contribution in [0.3, 0.4) is 0 Å². The van der Waals surface area contributed by atoms with Crippen molar-refractivity contribution >= 4 is 16.5 Å². The molecule has 1 N–H and O–H groups in total. The number of hydrogen-bond acceptors (Lipinski definition) is 5. The average molecular weight is 444 g/mol. The molecule has 5 nitrogen and oxygen atoms in total. The predicted molar refractivity (Wildman–Crippen MR) is 134 cm³/mol. The van der Waals surface area contributed by atoms with Gasteiger partial charge in [0.1, 0.15) is 13.2 Å². The van der Waals surface area contributed by atoms with E-state index in [4.69, 9.17) is 9.47 Å². The van der Waals surface area contributed by atoms with E-state index in [2.05, 4.69) is 65.1 Å². The minimum absolute atomic E-state index is 0.539. The normalized spacial score (nSPS) is 16.8. The van der Waals surface area contributed by atoms with Gasteiger partial charge in [0.15, 0.2) is 11.5 Å². The molecule has 0 amide bonds. The smallest absolute Gasteiger partial charge is 0.161 e. The third-order valence-corrected chi connectivity index (χ3v) is 6.77. The van der Waals surface area contributed by atoms with Crippen molar-refractivity contribution < 1.29 is 9.47 Å². The Labute approximate surface area is 196 Å². The van der Waals surface area contributed by atoms with E-state index >= 15 is 0 Å². The van der Waals surface area contributed by atoms with Crippen molar-refractivity contribution in [3.63, 3.8) is 0 Å². The molecule has 2 aliphatic rings. The summed E-state index contributed by atoms with van der Waals surface area (Å²) in [5.74, 6) is 1.72. The molecule has 3 heterocycles. The summed E-state index contributed by atoms with van der Waals surface area (Å²) in [4.78, 5) is 7.17. The Kier molecular flexibility index (Phi) is 6.60.